The number of allylic oxidation sites excluding steroid dienone is 1. The summed E-state index contributed by atoms with van der Waals surface area (Å²) >= 11 is 5.96. The molecule has 1 aliphatic rings. The molecular formula is C20H20ClN3O4. The van der Waals surface area contributed by atoms with E-state index in [1.165, 1.54) is 7.11 Å². The summed E-state index contributed by atoms with van der Waals surface area (Å²) in [6.07, 6.45) is 0. The zero-order valence-corrected chi connectivity index (χ0v) is 16.4. The number of halogens is 1. The second-order valence-electron chi connectivity index (χ2n) is 6.14. The number of nitrogens with one attached hydrogen (secondary N) is 3. The maximum absolute atomic E-state index is 13.1. The van der Waals surface area contributed by atoms with Gasteiger partial charge in [-0.05, 0) is 36.8 Å². The van der Waals surface area contributed by atoms with Crippen LogP contribution < -0.4 is 25.4 Å². The van der Waals surface area contributed by atoms with E-state index < -0.39 is 6.04 Å². The predicted octanol–water partition coefficient (Wildman–Crippen LogP) is 3.62. The number of anilines is 1. The molecule has 0 saturated heterocycles. The number of amides is 3. The van der Waals surface area contributed by atoms with Crippen LogP contribution in [0.2, 0.25) is 5.02 Å². The number of methoxy groups -OCH3 is 2. The Balaban J connectivity index is 1.94. The fourth-order valence-corrected chi connectivity index (χ4v) is 3.12. The first-order valence-electron chi connectivity index (χ1n) is 8.50. The quantitative estimate of drug-likeness (QED) is 0.713. The molecule has 0 unspecified atom stereocenters. The molecule has 1 heterocycles. The molecule has 2 aromatic rings. The average molecular weight is 402 g/mol. The summed E-state index contributed by atoms with van der Waals surface area (Å²) in [5, 5.41) is 8.84. The van der Waals surface area contributed by atoms with Gasteiger partial charge in [0.2, 0.25) is 0 Å². The first kappa shape index (κ1) is 19.6. The first-order chi connectivity index (χ1) is 13.4. The number of hydrogen-bond acceptors (Lipinski definition) is 4. The molecule has 0 aromatic heterocycles. The largest absolute Gasteiger partial charge is 0.497 e. The van der Waals surface area contributed by atoms with Crippen LogP contribution in [-0.2, 0) is 4.79 Å². The lowest BCUT2D eigenvalue weighted by Crippen LogP contribution is -2.45. The molecule has 0 fully saturated rings. The Hall–Kier alpha value is -3.19. The summed E-state index contributed by atoms with van der Waals surface area (Å²) in [7, 11) is 3.06. The number of urea groups is 1. The maximum Gasteiger partial charge on any atom is 0.319 e. The third-order valence-electron chi connectivity index (χ3n) is 4.37. The average Bonchev–Trinajstić information content (AvgIpc) is 2.68. The summed E-state index contributed by atoms with van der Waals surface area (Å²) in [5.74, 6) is 0.700. The number of carbonyl (C=O) groups is 2. The molecule has 3 amide bonds. The van der Waals surface area contributed by atoms with Crippen LogP contribution in [-0.4, -0.2) is 26.2 Å². The van der Waals surface area contributed by atoms with E-state index in [9.17, 15) is 9.59 Å². The summed E-state index contributed by atoms with van der Waals surface area (Å²) in [6.45, 7) is 1.68. The van der Waals surface area contributed by atoms with Gasteiger partial charge in [-0.2, -0.15) is 0 Å². The Morgan fingerprint density at radius 2 is 1.82 bits per heavy atom. The van der Waals surface area contributed by atoms with E-state index in [4.69, 9.17) is 21.1 Å². The van der Waals surface area contributed by atoms with Gasteiger partial charge in [-0.15, -0.1) is 0 Å². The Bertz CT molecular complexity index is 941. The first-order valence-corrected chi connectivity index (χ1v) is 8.88. The highest BCUT2D eigenvalue weighted by Crippen LogP contribution is 2.32. The lowest BCUT2D eigenvalue weighted by atomic mass is 9.95. The molecule has 28 heavy (non-hydrogen) atoms. The van der Waals surface area contributed by atoms with Crippen molar-refractivity contribution in [3.05, 3.63) is 64.3 Å². The summed E-state index contributed by atoms with van der Waals surface area (Å²) in [4.78, 5) is 25.1. The second-order valence-corrected chi connectivity index (χ2v) is 6.58. The lowest BCUT2D eigenvalue weighted by molar-refractivity contribution is -0.113. The molecule has 7 nitrogen and oxygen atoms in total. The van der Waals surface area contributed by atoms with Crippen molar-refractivity contribution in [1.29, 1.82) is 0 Å². The minimum atomic E-state index is -0.616. The smallest absolute Gasteiger partial charge is 0.319 e. The van der Waals surface area contributed by atoms with Crippen molar-refractivity contribution >= 4 is 29.2 Å². The summed E-state index contributed by atoms with van der Waals surface area (Å²) < 4.78 is 10.5. The van der Waals surface area contributed by atoms with E-state index in [-0.39, 0.29) is 11.9 Å². The Kier molecular flexibility index (Phi) is 5.75. The van der Waals surface area contributed by atoms with E-state index >= 15 is 0 Å². The summed E-state index contributed by atoms with van der Waals surface area (Å²) in [6, 6.07) is 11.1. The molecule has 1 atom stereocenters. The molecule has 2 aromatic carbocycles. The van der Waals surface area contributed by atoms with E-state index in [1.54, 1.807) is 56.5 Å². The SMILES string of the molecule is COc1ccc(NC(=O)C2=C(C)NC(=O)N[C@@H]2c2ccc(Cl)cc2)c(OC)c1. The molecule has 0 saturated carbocycles. The monoisotopic (exact) mass is 401 g/mol. The zero-order valence-electron chi connectivity index (χ0n) is 15.6. The van der Waals surface area contributed by atoms with Crippen LogP contribution >= 0.6 is 11.6 Å². The fraction of sp³-hybridized carbons (Fsp3) is 0.200. The van der Waals surface area contributed by atoms with Crippen LogP contribution in [0.15, 0.2) is 53.7 Å². The van der Waals surface area contributed by atoms with Crippen molar-refractivity contribution in [1.82, 2.24) is 10.6 Å². The van der Waals surface area contributed by atoms with E-state index in [0.717, 1.165) is 5.56 Å². The Morgan fingerprint density at radius 1 is 1.11 bits per heavy atom. The third kappa shape index (κ3) is 4.04. The molecular weight excluding hydrogens is 382 g/mol. The van der Waals surface area contributed by atoms with Gasteiger partial charge in [-0.25, -0.2) is 4.79 Å². The lowest BCUT2D eigenvalue weighted by Gasteiger charge is -2.29. The van der Waals surface area contributed by atoms with Crippen LogP contribution in [0, 0.1) is 0 Å². The maximum atomic E-state index is 13.1. The molecule has 3 N–H and O–H groups in total. The number of rotatable bonds is 5. The highest BCUT2D eigenvalue weighted by atomic mass is 35.5. The van der Waals surface area contributed by atoms with Gasteiger partial charge in [-0.3, -0.25) is 4.79 Å². The van der Waals surface area contributed by atoms with Gasteiger partial charge < -0.3 is 25.4 Å². The topological polar surface area (TPSA) is 88.7 Å². The number of benzene rings is 2. The van der Waals surface area contributed by atoms with Gasteiger partial charge in [0.1, 0.15) is 11.5 Å². The van der Waals surface area contributed by atoms with Crippen LogP contribution in [0.1, 0.15) is 18.5 Å². The van der Waals surface area contributed by atoms with Gasteiger partial charge >= 0.3 is 6.03 Å². The second kappa shape index (κ2) is 8.22. The molecule has 0 aliphatic carbocycles. The molecule has 146 valence electrons. The highest BCUT2D eigenvalue weighted by Gasteiger charge is 2.31. The van der Waals surface area contributed by atoms with Gasteiger partial charge in [0.25, 0.3) is 5.91 Å². The van der Waals surface area contributed by atoms with E-state index in [0.29, 0.717) is 33.5 Å². The van der Waals surface area contributed by atoms with Crippen molar-refractivity contribution in [2.75, 3.05) is 19.5 Å². The minimum absolute atomic E-state index is 0.367. The van der Waals surface area contributed by atoms with Crippen molar-refractivity contribution < 1.29 is 19.1 Å². The van der Waals surface area contributed by atoms with Crippen molar-refractivity contribution in [3.63, 3.8) is 0 Å². The van der Waals surface area contributed by atoms with E-state index in [2.05, 4.69) is 16.0 Å². The number of ether oxygens (including phenoxy) is 2. The highest BCUT2D eigenvalue weighted by molar-refractivity contribution is 6.30. The van der Waals surface area contributed by atoms with Crippen LogP contribution in [0.3, 0.4) is 0 Å². The number of carbonyl (C=O) groups excluding carboxylic acids is 2. The molecule has 0 bridgehead atoms. The summed E-state index contributed by atoms with van der Waals surface area (Å²) in [5.41, 5.74) is 2.08. The van der Waals surface area contributed by atoms with Crippen molar-refractivity contribution in [2.24, 2.45) is 0 Å². The third-order valence-corrected chi connectivity index (χ3v) is 4.63. The van der Waals surface area contributed by atoms with Crippen LogP contribution in [0.5, 0.6) is 11.5 Å². The fourth-order valence-electron chi connectivity index (χ4n) is 2.99. The van der Waals surface area contributed by atoms with Gasteiger partial charge in [0.05, 0.1) is 31.5 Å². The van der Waals surface area contributed by atoms with Gasteiger partial charge in [0, 0.05) is 16.8 Å². The van der Waals surface area contributed by atoms with Crippen molar-refractivity contribution in [2.45, 2.75) is 13.0 Å². The predicted molar refractivity (Wildman–Crippen MR) is 107 cm³/mol. The zero-order chi connectivity index (χ0) is 20.3. The molecule has 0 spiro atoms. The van der Waals surface area contributed by atoms with E-state index in [1.807, 2.05) is 0 Å². The van der Waals surface area contributed by atoms with Gasteiger partial charge in [0.15, 0.2) is 0 Å². The van der Waals surface area contributed by atoms with Gasteiger partial charge in [-0.1, -0.05) is 23.7 Å². The molecule has 3 rings (SSSR count). The van der Waals surface area contributed by atoms with Crippen LogP contribution in [0.4, 0.5) is 10.5 Å². The molecule has 1 aliphatic heterocycles. The minimum Gasteiger partial charge on any atom is -0.497 e. The normalized spacial score (nSPS) is 16.1. The number of hydrogen-bond donors (Lipinski definition) is 3. The Morgan fingerprint density at radius 3 is 2.46 bits per heavy atom. The van der Waals surface area contributed by atoms with Crippen molar-refractivity contribution in [3.8, 4) is 11.5 Å². The molecule has 8 heteroatoms. The molecule has 0 radical (unpaired) electrons. The Labute approximate surface area is 167 Å². The standard InChI is InChI=1S/C20H20ClN3O4/c1-11-17(18(24-20(26)22-11)12-4-6-13(21)7-5-12)19(25)23-15-9-8-14(27-2)10-16(15)28-3/h4-10,18H,1-3H3,(H,23,25)(H2,22,24,26)/t18-/m1/s1. The van der Waals surface area contributed by atoms with Crippen LogP contribution in [0.25, 0.3) is 0 Å².